The summed E-state index contributed by atoms with van der Waals surface area (Å²) in [6, 6.07) is 8.14. The summed E-state index contributed by atoms with van der Waals surface area (Å²) in [5.74, 6) is 0. The molecule has 0 aromatic heterocycles. The van der Waals surface area contributed by atoms with Gasteiger partial charge in [0.1, 0.15) is 6.17 Å². The molecule has 0 aliphatic carbocycles. The van der Waals surface area contributed by atoms with E-state index in [0.29, 0.717) is 0 Å². The van der Waals surface area contributed by atoms with Gasteiger partial charge in [-0.05, 0) is 30.5 Å². The normalized spacial score (nSPS) is 24.6. The average molecular weight is 296 g/mol. The summed E-state index contributed by atoms with van der Waals surface area (Å²) in [6.45, 7) is 1.78. The van der Waals surface area contributed by atoms with Gasteiger partial charge in [0, 0.05) is 17.6 Å². The van der Waals surface area contributed by atoms with Crippen LogP contribution in [0, 0.1) is 0 Å². The van der Waals surface area contributed by atoms with Gasteiger partial charge in [-0.1, -0.05) is 28.1 Å². The smallest absolute Gasteiger partial charge is 0.316 e. The van der Waals surface area contributed by atoms with E-state index in [1.165, 1.54) is 0 Å². The number of amides is 2. The molecular weight excluding hydrogens is 282 g/mol. The molecule has 2 amide bonds. The van der Waals surface area contributed by atoms with Crippen LogP contribution in [-0.4, -0.2) is 29.1 Å². The highest BCUT2D eigenvalue weighted by Crippen LogP contribution is 2.29. The quantitative estimate of drug-likeness (QED) is 0.864. The number of hydrazine groups is 1. The van der Waals surface area contributed by atoms with E-state index in [9.17, 15) is 4.79 Å². The molecule has 2 saturated heterocycles. The van der Waals surface area contributed by atoms with E-state index >= 15 is 0 Å². The van der Waals surface area contributed by atoms with E-state index in [1.54, 1.807) is 0 Å². The minimum absolute atomic E-state index is 0.00380. The summed E-state index contributed by atoms with van der Waals surface area (Å²) >= 11 is 3.42. The van der Waals surface area contributed by atoms with Gasteiger partial charge in [-0.25, -0.2) is 4.79 Å². The van der Waals surface area contributed by atoms with Crippen LogP contribution in [0.2, 0.25) is 0 Å². The van der Waals surface area contributed by atoms with E-state index in [1.807, 2.05) is 29.3 Å². The molecule has 90 valence electrons. The number of halogens is 1. The van der Waals surface area contributed by atoms with Crippen molar-refractivity contribution in [3.8, 4) is 0 Å². The van der Waals surface area contributed by atoms with Crippen LogP contribution < -0.4 is 5.32 Å². The molecule has 1 aromatic carbocycles. The van der Waals surface area contributed by atoms with Gasteiger partial charge in [0.15, 0.2) is 0 Å². The minimum atomic E-state index is -0.00380. The van der Waals surface area contributed by atoms with Gasteiger partial charge in [-0.3, -0.25) is 5.01 Å². The number of hydrogen-bond acceptors (Lipinski definition) is 2. The molecule has 17 heavy (non-hydrogen) atoms. The third kappa shape index (κ3) is 1.93. The largest absolute Gasteiger partial charge is 0.333 e. The molecule has 0 bridgehead atoms. The molecular formula is C12H14BrN3O. The van der Waals surface area contributed by atoms with Crippen molar-refractivity contribution in [1.29, 1.82) is 0 Å². The van der Waals surface area contributed by atoms with Crippen molar-refractivity contribution in [2.24, 2.45) is 0 Å². The standard InChI is InChI=1S/C12H14BrN3O/c13-10-5-3-9(4-6-10)11-14-12(17)16-8-2-1-7-15(11)16/h3-6,11H,1-2,7-8H2,(H,14,17). The number of carbonyl (C=O) groups excluding carboxylic acids is 1. The van der Waals surface area contributed by atoms with Gasteiger partial charge < -0.3 is 5.32 Å². The Morgan fingerprint density at radius 2 is 1.88 bits per heavy atom. The van der Waals surface area contributed by atoms with Gasteiger partial charge in [0.05, 0.1) is 0 Å². The maximum absolute atomic E-state index is 11.8. The Morgan fingerprint density at radius 1 is 1.18 bits per heavy atom. The third-order valence-corrected chi connectivity index (χ3v) is 3.82. The van der Waals surface area contributed by atoms with Gasteiger partial charge in [0.25, 0.3) is 0 Å². The second kappa shape index (κ2) is 4.31. The van der Waals surface area contributed by atoms with Crippen LogP contribution in [-0.2, 0) is 0 Å². The van der Waals surface area contributed by atoms with Crippen LogP contribution in [0.1, 0.15) is 24.6 Å². The number of nitrogens with zero attached hydrogens (tertiary/aromatic N) is 2. The first-order valence-electron chi connectivity index (χ1n) is 5.86. The lowest BCUT2D eigenvalue weighted by atomic mass is 10.1. The van der Waals surface area contributed by atoms with Crippen molar-refractivity contribution < 1.29 is 4.79 Å². The molecule has 1 unspecified atom stereocenters. The van der Waals surface area contributed by atoms with E-state index in [4.69, 9.17) is 0 Å². The first kappa shape index (κ1) is 11.0. The topological polar surface area (TPSA) is 35.6 Å². The fraction of sp³-hybridized carbons (Fsp3) is 0.417. The predicted molar refractivity (Wildman–Crippen MR) is 68.1 cm³/mol. The molecule has 2 aliphatic heterocycles. The lowest BCUT2D eigenvalue weighted by molar-refractivity contribution is -0.00826. The Labute approximate surface area is 109 Å². The monoisotopic (exact) mass is 295 g/mol. The van der Waals surface area contributed by atoms with Gasteiger partial charge >= 0.3 is 6.03 Å². The van der Waals surface area contributed by atoms with Crippen LogP contribution in [0.5, 0.6) is 0 Å². The van der Waals surface area contributed by atoms with Crippen molar-refractivity contribution in [3.05, 3.63) is 34.3 Å². The summed E-state index contributed by atoms with van der Waals surface area (Å²) in [7, 11) is 0. The molecule has 1 N–H and O–H groups in total. The van der Waals surface area contributed by atoms with E-state index in [2.05, 4.69) is 26.3 Å². The maximum atomic E-state index is 11.8. The van der Waals surface area contributed by atoms with Crippen LogP contribution in [0.25, 0.3) is 0 Å². The molecule has 0 saturated carbocycles. The fourth-order valence-electron chi connectivity index (χ4n) is 2.44. The Bertz CT molecular complexity index is 434. The summed E-state index contributed by atoms with van der Waals surface area (Å²) in [5, 5.41) is 6.99. The minimum Gasteiger partial charge on any atom is -0.316 e. The second-order valence-electron chi connectivity index (χ2n) is 4.40. The zero-order valence-corrected chi connectivity index (χ0v) is 11.0. The van der Waals surface area contributed by atoms with Crippen molar-refractivity contribution in [1.82, 2.24) is 15.3 Å². The van der Waals surface area contributed by atoms with Gasteiger partial charge in [-0.15, -0.1) is 0 Å². The molecule has 2 aliphatic rings. The lowest BCUT2D eigenvalue weighted by Gasteiger charge is -2.34. The Balaban J connectivity index is 1.88. The molecule has 3 rings (SSSR count). The van der Waals surface area contributed by atoms with Crippen molar-refractivity contribution in [2.45, 2.75) is 19.0 Å². The zero-order chi connectivity index (χ0) is 11.8. The Hall–Kier alpha value is -1.07. The molecule has 2 fully saturated rings. The van der Waals surface area contributed by atoms with Crippen LogP contribution >= 0.6 is 15.9 Å². The zero-order valence-electron chi connectivity index (χ0n) is 9.40. The Morgan fingerprint density at radius 3 is 2.65 bits per heavy atom. The van der Waals surface area contributed by atoms with E-state index < -0.39 is 0 Å². The molecule has 2 heterocycles. The summed E-state index contributed by atoms with van der Waals surface area (Å²) < 4.78 is 1.06. The maximum Gasteiger partial charge on any atom is 0.333 e. The highest BCUT2D eigenvalue weighted by molar-refractivity contribution is 9.10. The van der Waals surface area contributed by atoms with Crippen molar-refractivity contribution in [3.63, 3.8) is 0 Å². The van der Waals surface area contributed by atoms with Crippen LogP contribution in [0.4, 0.5) is 4.79 Å². The van der Waals surface area contributed by atoms with Gasteiger partial charge in [-0.2, -0.15) is 5.01 Å². The Kier molecular flexibility index (Phi) is 2.80. The van der Waals surface area contributed by atoms with Crippen LogP contribution in [0.15, 0.2) is 28.7 Å². The second-order valence-corrected chi connectivity index (χ2v) is 5.31. The summed E-state index contributed by atoms with van der Waals surface area (Å²) in [6.07, 6.45) is 2.24. The number of nitrogens with one attached hydrogen (secondary N) is 1. The number of urea groups is 1. The van der Waals surface area contributed by atoms with Crippen molar-refractivity contribution >= 4 is 22.0 Å². The SMILES string of the molecule is O=C1NC(c2ccc(Br)cc2)N2CCCCN12. The summed E-state index contributed by atoms with van der Waals surface area (Å²) in [4.78, 5) is 11.8. The molecule has 5 heteroatoms. The highest BCUT2D eigenvalue weighted by Gasteiger charge is 2.38. The van der Waals surface area contributed by atoms with E-state index in [0.717, 1.165) is 36.0 Å². The third-order valence-electron chi connectivity index (χ3n) is 3.30. The lowest BCUT2D eigenvalue weighted by Crippen LogP contribution is -2.44. The number of hydrogen-bond donors (Lipinski definition) is 1. The first-order chi connectivity index (χ1) is 8.25. The molecule has 4 nitrogen and oxygen atoms in total. The molecule has 0 spiro atoms. The fourth-order valence-corrected chi connectivity index (χ4v) is 2.70. The van der Waals surface area contributed by atoms with Crippen molar-refractivity contribution in [2.75, 3.05) is 13.1 Å². The predicted octanol–water partition coefficient (Wildman–Crippen LogP) is 2.48. The van der Waals surface area contributed by atoms with Gasteiger partial charge in [0.2, 0.25) is 0 Å². The number of carbonyl (C=O) groups is 1. The number of fused-ring (bicyclic) bond motifs is 1. The molecule has 1 aromatic rings. The molecule has 1 atom stereocenters. The van der Waals surface area contributed by atoms with Crippen LogP contribution in [0.3, 0.4) is 0 Å². The van der Waals surface area contributed by atoms with E-state index in [-0.39, 0.29) is 12.2 Å². The average Bonchev–Trinajstić information content (AvgIpc) is 2.69. The first-order valence-corrected chi connectivity index (χ1v) is 6.65. The highest BCUT2D eigenvalue weighted by atomic mass is 79.9. The number of rotatable bonds is 1. The molecule has 0 radical (unpaired) electrons. The number of benzene rings is 1. The summed E-state index contributed by atoms with van der Waals surface area (Å²) in [5.41, 5.74) is 1.13.